The Balaban J connectivity index is 1.94. The number of nitrogens with zero attached hydrogens (tertiary/aromatic N) is 4. The van der Waals surface area contributed by atoms with Gasteiger partial charge in [-0.1, -0.05) is 72.4 Å². The molecule has 0 amide bonds. The third-order valence-corrected chi connectivity index (χ3v) is 6.27. The van der Waals surface area contributed by atoms with Gasteiger partial charge in [0.2, 0.25) is 0 Å². The predicted octanol–water partition coefficient (Wildman–Crippen LogP) is 2.56. The Morgan fingerprint density at radius 2 is 1.50 bits per heavy atom. The minimum absolute atomic E-state index is 0.132. The van der Waals surface area contributed by atoms with Crippen LogP contribution in [0.2, 0.25) is 0 Å². The van der Waals surface area contributed by atoms with E-state index in [1.54, 1.807) is 18.5 Å². The summed E-state index contributed by atoms with van der Waals surface area (Å²) in [5.41, 5.74) is 1.34. The molecular weight excluding hydrogens is 428 g/mol. The molecule has 0 spiro atoms. The van der Waals surface area contributed by atoms with Crippen molar-refractivity contribution in [3.05, 3.63) is 92.6 Å². The maximum absolute atomic E-state index is 13.5. The molecule has 1 atom stereocenters. The second kappa shape index (κ2) is 8.88. The van der Waals surface area contributed by atoms with Gasteiger partial charge in [0.15, 0.2) is 16.3 Å². The molecule has 0 aliphatic carbocycles. The molecule has 0 saturated carbocycles. The molecule has 0 fully saturated rings. The van der Waals surface area contributed by atoms with Crippen molar-refractivity contribution in [3.63, 3.8) is 0 Å². The van der Waals surface area contributed by atoms with Crippen LogP contribution in [-0.4, -0.2) is 35.0 Å². The van der Waals surface area contributed by atoms with Gasteiger partial charge in [-0.05, 0) is 18.1 Å². The summed E-state index contributed by atoms with van der Waals surface area (Å²) in [6.45, 7) is 2.02. The first-order chi connectivity index (χ1) is 15.4. The van der Waals surface area contributed by atoms with E-state index in [1.807, 2.05) is 60.7 Å². The highest BCUT2D eigenvalue weighted by molar-refractivity contribution is 8.00. The Morgan fingerprint density at radius 1 is 0.969 bits per heavy atom. The molecule has 0 bridgehead atoms. The van der Waals surface area contributed by atoms with E-state index in [4.69, 9.17) is 0 Å². The Kier molecular flexibility index (Phi) is 6.00. The molecule has 8 nitrogen and oxygen atoms in total. The number of imidazole rings is 1. The van der Waals surface area contributed by atoms with Crippen molar-refractivity contribution >= 4 is 28.9 Å². The zero-order valence-electron chi connectivity index (χ0n) is 17.6. The third-order valence-electron chi connectivity index (χ3n) is 5.19. The van der Waals surface area contributed by atoms with Gasteiger partial charge < -0.3 is 9.67 Å². The number of thioether (sulfide) groups is 1. The van der Waals surface area contributed by atoms with E-state index in [9.17, 15) is 19.5 Å². The zero-order chi connectivity index (χ0) is 22.8. The minimum atomic E-state index is -0.983. The number of carbonyl (C=O) groups is 1. The fourth-order valence-electron chi connectivity index (χ4n) is 3.47. The number of aryl methyl sites for hydroxylation is 1. The maximum atomic E-state index is 13.5. The summed E-state index contributed by atoms with van der Waals surface area (Å²) >= 11 is 1.05. The van der Waals surface area contributed by atoms with E-state index < -0.39 is 22.5 Å². The second-order valence-corrected chi connectivity index (χ2v) is 8.76. The number of aromatic nitrogens is 4. The molecule has 2 aromatic heterocycles. The Labute approximate surface area is 187 Å². The van der Waals surface area contributed by atoms with Crippen molar-refractivity contribution in [1.82, 2.24) is 18.7 Å². The molecule has 1 unspecified atom stereocenters. The molecule has 2 heterocycles. The number of hydrogen-bond acceptors (Lipinski definition) is 5. The van der Waals surface area contributed by atoms with Gasteiger partial charge in [-0.2, -0.15) is 0 Å². The Morgan fingerprint density at radius 3 is 2.03 bits per heavy atom. The number of rotatable bonds is 7. The molecule has 4 rings (SSSR count). The summed E-state index contributed by atoms with van der Waals surface area (Å²) in [5, 5.41) is 8.99. The van der Waals surface area contributed by atoms with E-state index in [2.05, 4.69) is 4.98 Å². The summed E-state index contributed by atoms with van der Waals surface area (Å²) in [5.74, 6) is -0.983. The van der Waals surface area contributed by atoms with E-state index in [0.717, 1.165) is 22.9 Å². The maximum Gasteiger partial charge on any atom is 0.332 e. The van der Waals surface area contributed by atoms with Crippen LogP contribution in [0.5, 0.6) is 0 Å². The average molecular weight is 451 g/mol. The van der Waals surface area contributed by atoms with Crippen LogP contribution >= 0.6 is 11.8 Å². The van der Waals surface area contributed by atoms with E-state index in [-0.39, 0.29) is 17.7 Å². The van der Waals surface area contributed by atoms with Gasteiger partial charge in [-0.3, -0.25) is 18.7 Å². The smallest absolute Gasteiger partial charge is 0.332 e. The Hall–Kier alpha value is -3.59. The number of hydrogen-bond donors (Lipinski definition) is 1. The van der Waals surface area contributed by atoms with Crippen LogP contribution in [0.3, 0.4) is 0 Å². The van der Waals surface area contributed by atoms with Crippen LogP contribution in [0, 0.1) is 0 Å². The van der Waals surface area contributed by atoms with Crippen molar-refractivity contribution in [2.75, 3.05) is 0 Å². The second-order valence-electron chi connectivity index (χ2n) is 7.46. The van der Waals surface area contributed by atoms with Crippen LogP contribution in [-0.2, 0) is 24.9 Å². The highest BCUT2D eigenvalue weighted by Crippen LogP contribution is 2.26. The number of aliphatic carboxylic acids is 1. The lowest BCUT2D eigenvalue weighted by Gasteiger charge is -2.12. The normalized spacial score (nSPS) is 12.2. The van der Waals surface area contributed by atoms with Crippen LogP contribution in [0.4, 0.5) is 0 Å². The molecular formula is C23H22N4O4S. The molecule has 1 N–H and O–H groups in total. The number of fused-ring (bicyclic) bond motifs is 1. The van der Waals surface area contributed by atoms with Gasteiger partial charge in [0.1, 0.15) is 5.25 Å². The van der Waals surface area contributed by atoms with Crippen molar-refractivity contribution in [3.8, 4) is 0 Å². The quantitative estimate of drug-likeness (QED) is 0.435. The number of benzene rings is 2. The molecule has 32 heavy (non-hydrogen) atoms. The van der Waals surface area contributed by atoms with Gasteiger partial charge in [0, 0.05) is 7.05 Å². The first-order valence-corrected chi connectivity index (χ1v) is 10.9. The summed E-state index contributed by atoms with van der Waals surface area (Å²) in [6.07, 6.45) is 0. The predicted molar refractivity (Wildman–Crippen MR) is 123 cm³/mol. The Bertz CT molecular complexity index is 1390. The van der Waals surface area contributed by atoms with Crippen molar-refractivity contribution in [2.45, 2.75) is 30.4 Å². The van der Waals surface area contributed by atoms with Crippen LogP contribution < -0.4 is 11.2 Å². The largest absolute Gasteiger partial charge is 0.480 e. The van der Waals surface area contributed by atoms with Crippen molar-refractivity contribution < 1.29 is 9.90 Å². The summed E-state index contributed by atoms with van der Waals surface area (Å²) in [6, 6.07) is 18.8. The first kappa shape index (κ1) is 21.6. The van der Waals surface area contributed by atoms with E-state index >= 15 is 0 Å². The SMILES string of the molecule is CC(Sc1nc2c(c(=O)n(Cc3ccccc3)c(=O)n2C)n1Cc1ccccc1)C(=O)O. The minimum Gasteiger partial charge on any atom is -0.480 e. The van der Waals surface area contributed by atoms with Crippen LogP contribution in [0.25, 0.3) is 11.2 Å². The molecule has 9 heteroatoms. The van der Waals surface area contributed by atoms with Gasteiger partial charge in [0.25, 0.3) is 5.56 Å². The lowest BCUT2D eigenvalue weighted by Crippen LogP contribution is -2.40. The molecule has 0 saturated heterocycles. The molecule has 2 aromatic carbocycles. The topological polar surface area (TPSA) is 99.1 Å². The summed E-state index contributed by atoms with van der Waals surface area (Å²) in [4.78, 5) is 42.5. The lowest BCUT2D eigenvalue weighted by molar-refractivity contribution is -0.136. The zero-order valence-corrected chi connectivity index (χ0v) is 18.5. The van der Waals surface area contributed by atoms with E-state index in [0.29, 0.717) is 11.7 Å². The highest BCUT2D eigenvalue weighted by atomic mass is 32.2. The average Bonchev–Trinajstić information content (AvgIpc) is 3.14. The lowest BCUT2D eigenvalue weighted by atomic mass is 10.2. The highest BCUT2D eigenvalue weighted by Gasteiger charge is 2.24. The molecule has 0 radical (unpaired) electrons. The van der Waals surface area contributed by atoms with Gasteiger partial charge in [0.05, 0.1) is 13.1 Å². The third kappa shape index (κ3) is 4.11. The number of carboxylic acids is 1. The van der Waals surface area contributed by atoms with E-state index in [1.165, 1.54) is 9.13 Å². The van der Waals surface area contributed by atoms with Gasteiger partial charge in [-0.25, -0.2) is 9.78 Å². The fraction of sp³-hybridized carbons (Fsp3) is 0.217. The monoisotopic (exact) mass is 450 g/mol. The van der Waals surface area contributed by atoms with Crippen molar-refractivity contribution in [2.24, 2.45) is 7.05 Å². The van der Waals surface area contributed by atoms with Gasteiger partial charge >= 0.3 is 11.7 Å². The van der Waals surface area contributed by atoms with Crippen LogP contribution in [0.15, 0.2) is 75.4 Å². The van der Waals surface area contributed by atoms with Crippen LogP contribution in [0.1, 0.15) is 18.1 Å². The molecule has 164 valence electrons. The standard InChI is InChI=1S/C23H22N4O4S/c1-15(21(29)30)32-22-24-19-18(26(22)13-16-9-5-3-6-10-16)20(28)27(23(31)25(19)2)14-17-11-7-4-8-12-17/h3-12,15H,13-14H2,1-2H3,(H,29,30). The fourth-order valence-corrected chi connectivity index (χ4v) is 4.31. The molecule has 4 aromatic rings. The summed E-state index contributed by atoms with van der Waals surface area (Å²) < 4.78 is 4.24. The van der Waals surface area contributed by atoms with Gasteiger partial charge in [-0.15, -0.1) is 0 Å². The number of carboxylic acid groups (broad SMARTS) is 1. The summed E-state index contributed by atoms with van der Waals surface area (Å²) in [7, 11) is 1.57. The van der Waals surface area contributed by atoms with Crippen molar-refractivity contribution in [1.29, 1.82) is 0 Å². The first-order valence-electron chi connectivity index (χ1n) is 10.0. The molecule has 0 aliphatic heterocycles. The molecule has 0 aliphatic rings.